The molecule has 1 aliphatic carbocycles. The van der Waals surface area contributed by atoms with E-state index < -0.39 is 0 Å². The highest BCUT2D eigenvalue weighted by Gasteiger charge is 2.37. The van der Waals surface area contributed by atoms with Crippen molar-refractivity contribution in [3.63, 3.8) is 0 Å². The lowest BCUT2D eigenvalue weighted by atomic mass is 9.80. The van der Waals surface area contributed by atoms with E-state index in [1.807, 2.05) is 0 Å². The fourth-order valence-electron chi connectivity index (χ4n) is 7.76. The molecule has 8 aromatic carbocycles. The highest BCUT2D eigenvalue weighted by molar-refractivity contribution is 6.23. The Kier molecular flexibility index (Phi) is 5.05. The van der Waals surface area contributed by atoms with Crippen molar-refractivity contribution in [1.82, 2.24) is 0 Å². The van der Waals surface area contributed by atoms with E-state index in [1.165, 1.54) is 87.6 Å². The van der Waals surface area contributed by atoms with Gasteiger partial charge >= 0.3 is 0 Å². The predicted molar refractivity (Wildman–Crippen MR) is 185 cm³/mol. The summed E-state index contributed by atoms with van der Waals surface area (Å²) >= 11 is 0. The van der Waals surface area contributed by atoms with Crippen molar-refractivity contribution in [2.75, 3.05) is 0 Å². The third-order valence-electron chi connectivity index (χ3n) is 9.81. The van der Waals surface area contributed by atoms with Crippen LogP contribution in [0.1, 0.15) is 25.0 Å². The maximum absolute atomic E-state index is 2.43. The Morgan fingerprint density at radius 1 is 0.349 bits per heavy atom. The predicted octanol–water partition coefficient (Wildman–Crippen LogP) is 11.9. The second-order valence-electron chi connectivity index (χ2n) is 12.5. The lowest BCUT2D eigenvalue weighted by molar-refractivity contribution is 0.661. The lowest BCUT2D eigenvalue weighted by Crippen LogP contribution is -2.14. The van der Waals surface area contributed by atoms with E-state index in [1.54, 1.807) is 0 Å². The topological polar surface area (TPSA) is 0 Å². The molecule has 0 fully saturated rings. The molecule has 0 saturated carbocycles. The van der Waals surface area contributed by atoms with E-state index in [-0.39, 0.29) is 5.41 Å². The van der Waals surface area contributed by atoms with Gasteiger partial charge in [-0.3, -0.25) is 0 Å². The zero-order valence-electron chi connectivity index (χ0n) is 24.4. The zero-order chi connectivity index (χ0) is 28.7. The second kappa shape index (κ2) is 8.90. The first-order valence-corrected chi connectivity index (χ1v) is 15.2. The minimum Gasteiger partial charge on any atom is -0.0616 e. The van der Waals surface area contributed by atoms with E-state index in [4.69, 9.17) is 0 Å². The van der Waals surface area contributed by atoms with E-state index in [0.29, 0.717) is 0 Å². The molecule has 0 aromatic heterocycles. The van der Waals surface area contributed by atoms with Gasteiger partial charge in [0, 0.05) is 5.41 Å². The molecule has 0 amide bonds. The molecule has 0 atom stereocenters. The molecule has 0 spiro atoms. The lowest BCUT2D eigenvalue weighted by Gasteiger charge is -2.23. The Morgan fingerprint density at radius 3 is 1.53 bits per heavy atom. The van der Waals surface area contributed by atoms with Crippen molar-refractivity contribution < 1.29 is 0 Å². The minimum absolute atomic E-state index is 0.0820. The highest BCUT2D eigenvalue weighted by Crippen LogP contribution is 2.55. The molecule has 1 aliphatic rings. The molecule has 0 heteroatoms. The van der Waals surface area contributed by atoms with Gasteiger partial charge in [0.15, 0.2) is 0 Å². The molecule has 8 aromatic rings. The number of hydrogen-bond acceptors (Lipinski definition) is 0. The summed E-state index contributed by atoms with van der Waals surface area (Å²) < 4.78 is 0. The number of benzene rings is 8. The van der Waals surface area contributed by atoms with Gasteiger partial charge in [0.1, 0.15) is 0 Å². The van der Waals surface area contributed by atoms with Gasteiger partial charge in [0.25, 0.3) is 0 Å². The van der Waals surface area contributed by atoms with Crippen LogP contribution in [0.3, 0.4) is 0 Å². The Balaban J connectivity index is 1.41. The Bertz CT molecular complexity index is 2360. The smallest absolute Gasteiger partial charge is 0.0159 e. The molecular formula is C43H30. The monoisotopic (exact) mass is 546 g/mol. The summed E-state index contributed by atoms with van der Waals surface area (Å²) in [5.41, 5.74) is 10.7. The standard InChI is InChI=1S/C43H30/c1-43(2)38-21-11-20-36(42(38)37-25-29-14-5-6-15-30(29)26-39(37)43)41-34-18-9-7-16-32(34)40(33-17-8-10-19-35(33)41)31-23-22-27-12-3-4-13-28(27)24-31/h3-26H,1-2H3. The molecule has 0 nitrogen and oxygen atoms in total. The van der Waals surface area contributed by atoms with Crippen LogP contribution in [0.5, 0.6) is 0 Å². The van der Waals surface area contributed by atoms with Crippen molar-refractivity contribution >= 4 is 43.1 Å². The van der Waals surface area contributed by atoms with Crippen LogP contribution in [0.25, 0.3) is 76.5 Å². The van der Waals surface area contributed by atoms with Crippen LogP contribution in [0.4, 0.5) is 0 Å². The van der Waals surface area contributed by atoms with E-state index in [9.17, 15) is 0 Å². The summed E-state index contributed by atoms with van der Waals surface area (Å²) in [7, 11) is 0. The van der Waals surface area contributed by atoms with Gasteiger partial charge in [0.05, 0.1) is 0 Å². The molecule has 0 N–H and O–H groups in total. The summed E-state index contributed by atoms with van der Waals surface area (Å²) in [6, 6.07) is 54.2. The Morgan fingerprint density at radius 2 is 0.884 bits per heavy atom. The Labute approximate surface area is 251 Å². The number of hydrogen-bond donors (Lipinski definition) is 0. The third-order valence-corrected chi connectivity index (χ3v) is 9.81. The first-order valence-electron chi connectivity index (χ1n) is 15.2. The largest absolute Gasteiger partial charge is 0.0616 e. The van der Waals surface area contributed by atoms with Crippen LogP contribution < -0.4 is 0 Å². The zero-order valence-corrected chi connectivity index (χ0v) is 24.4. The number of fused-ring (bicyclic) bond motifs is 7. The molecule has 0 saturated heterocycles. The van der Waals surface area contributed by atoms with Crippen molar-refractivity contribution in [2.24, 2.45) is 0 Å². The quantitative estimate of drug-likeness (QED) is 0.189. The van der Waals surface area contributed by atoms with Gasteiger partial charge in [0.2, 0.25) is 0 Å². The fraction of sp³-hybridized carbons (Fsp3) is 0.0698. The maximum atomic E-state index is 2.43. The van der Waals surface area contributed by atoms with Gasteiger partial charge in [-0.05, 0) is 106 Å². The molecule has 9 rings (SSSR count). The van der Waals surface area contributed by atoms with E-state index >= 15 is 0 Å². The molecule has 202 valence electrons. The second-order valence-corrected chi connectivity index (χ2v) is 12.5. The molecular weight excluding hydrogens is 516 g/mol. The maximum Gasteiger partial charge on any atom is 0.0159 e. The van der Waals surface area contributed by atoms with Gasteiger partial charge in [-0.25, -0.2) is 0 Å². The van der Waals surface area contributed by atoms with Crippen LogP contribution in [0.15, 0.2) is 146 Å². The van der Waals surface area contributed by atoms with Gasteiger partial charge < -0.3 is 0 Å². The molecule has 0 bridgehead atoms. The van der Waals surface area contributed by atoms with Crippen molar-refractivity contribution in [3.05, 3.63) is 157 Å². The van der Waals surface area contributed by atoms with Crippen molar-refractivity contribution in [3.8, 4) is 33.4 Å². The van der Waals surface area contributed by atoms with Crippen molar-refractivity contribution in [1.29, 1.82) is 0 Å². The Hall–Kier alpha value is -5.20. The van der Waals surface area contributed by atoms with Crippen LogP contribution >= 0.6 is 0 Å². The molecule has 0 aliphatic heterocycles. The summed E-state index contributed by atoms with van der Waals surface area (Å²) in [6.45, 7) is 4.77. The van der Waals surface area contributed by atoms with Crippen LogP contribution in [-0.2, 0) is 5.41 Å². The fourth-order valence-corrected chi connectivity index (χ4v) is 7.76. The molecule has 0 heterocycles. The molecule has 0 radical (unpaired) electrons. The van der Waals surface area contributed by atoms with E-state index in [0.717, 1.165) is 0 Å². The van der Waals surface area contributed by atoms with Gasteiger partial charge in [-0.1, -0.05) is 141 Å². The van der Waals surface area contributed by atoms with Gasteiger partial charge in [-0.2, -0.15) is 0 Å². The van der Waals surface area contributed by atoms with Crippen LogP contribution in [0.2, 0.25) is 0 Å². The molecule has 0 unspecified atom stereocenters. The van der Waals surface area contributed by atoms with E-state index in [2.05, 4.69) is 159 Å². The molecule has 43 heavy (non-hydrogen) atoms. The first kappa shape index (κ1) is 24.4. The minimum atomic E-state index is -0.0820. The van der Waals surface area contributed by atoms with Gasteiger partial charge in [-0.15, -0.1) is 0 Å². The SMILES string of the molecule is CC1(C)c2cc3ccccc3cc2-c2c(-c3c4ccccc4c(-c4ccc5ccccc5c4)c4ccccc34)cccc21. The average molecular weight is 547 g/mol. The summed E-state index contributed by atoms with van der Waals surface area (Å²) in [5.74, 6) is 0. The highest BCUT2D eigenvalue weighted by atomic mass is 14.4. The average Bonchev–Trinajstić information content (AvgIpc) is 3.28. The van der Waals surface area contributed by atoms with Crippen molar-refractivity contribution in [2.45, 2.75) is 19.3 Å². The third kappa shape index (κ3) is 3.44. The summed E-state index contributed by atoms with van der Waals surface area (Å²) in [5, 5.41) is 10.3. The normalized spacial score (nSPS) is 13.5. The van der Waals surface area contributed by atoms with Crippen LogP contribution in [0, 0.1) is 0 Å². The first-order chi connectivity index (χ1) is 21.1. The summed E-state index contributed by atoms with van der Waals surface area (Å²) in [6.07, 6.45) is 0. The van der Waals surface area contributed by atoms with Crippen LogP contribution in [-0.4, -0.2) is 0 Å². The summed E-state index contributed by atoms with van der Waals surface area (Å²) in [4.78, 5) is 0. The number of rotatable bonds is 2.